The zero-order chi connectivity index (χ0) is 14.0. The molecule has 19 heavy (non-hydrogen) atoms. The Morgan fingerprint density at radius 1 is 1.11 bits per heavy atom. The topological polar surface area (TPSA) is 37.8 Å². The standard InChI is InChI=1S/C16H22N2O/c1-11(2)10-18-15(12(3)4)14(16(19)17-18)13-8-6-5-7-9-13/h5-9,11-12H,10H2,1-4H3,(H,17,19). The Labute approximate surface area is 114 Å². The third-order valence-electron chi connectivity index (χ3n) is 3.17. The van der Waals surface area contributed by atoms with E-state index in [2.05, 4.69) is 32.8 Å². The molecule has 1 N–H and O–H groups in total. The molecule has 0 aliphatic carbocycles. The molecule has 0 saturated carbocycles. The van der Waals surface area contributed by atoms with Crippen LogP contribution in [-0.2, 0) is 6.54 Å². The van der Waals surface area contributed by atoms with Crippen LogP contribution < -0.4 is 5.56 Å². The maximum Gasteiger partial charge on any atom is 0.272 e. The Morgan fingerprint density at radius 3 is 2.26 bits per heavy atom. The van der Waals surface area contributed by atoms with Crippen molar-refractivity contribution in [3.05, 3.63) is 46.4 Å². The number of hydrogen-bond acceptors (Lipinski definition) is 1. The van der Waals surface area contributed by atoms with Crippen LogP contribution in [0.2, 0.25) is 0 Å². The minimum absolute atomic E-state index is 0.00977. The summed E-state index contributed by atoms with van der Waals surface area (Å²) in [6, 6.07) is 9.90. The summed E-state index contributed by atoms with van der Waals surface area (Å²) in [6.45, 7) is 9.42. The van der Waals surface area contributed by atoms with Crippen LogP contribution in [0.5, 0.6) is 0 Å². The number of H-pyrrole nitrogens is 1. The molecule has 0 unspecified atom stereocenters. The van der Waals surface area contributed by atoms with Crippen LogP contribution >= 0.6 is 0 Å². The van der Waals surface area contributed by atoms with Gasteiger partial charge < -0.3 is 0 Å². The van der Waals surface area contributed by atoms with Crippen LogP contribution in [0, 0.1) is 5.92 Å². The molecule has 0 radical (unpaired) electrons. The minimum Gasteiger partial charge on any atom is -0.288 e. The molecule has 0 amide bonds. The van der Waals surface area contributed by atoms with Gasteiger partial charge in [0, 0.05) is 6.54 Å². The van der Waals surface area contributed by atoms with E-state index >= 15 is 0 Å². The van der Waals surface area contributed by atoms with Crippen molar-refractivity contribution in [1.82, 2.24) is 9.78 Å². The van der Waals surface area contributed by atoms with E-state index in [1.54, 1.807) is 0 Å². The quantitative estimate of drug-likeness (QED) is 0.893. The highest BCUT2D eigenvalue weighted by Gasteiger charge is 2.19. The Kier molecular flexibility index (Phi) is 3.93. The van der Waals surface area contributed by atoms with Gasteiger partial charge in [-0.3, -0.25) is 14.6 Å². The molecule has 1 aromatic heterocycles. The number of benzene rings is 1. The fourth-order valence-electron chi connectivity index (χ4n) is 2.48. The molecule has 3 heteroatoms. The van der Waals surface area contributed by atoms with Crippen LogP contribution in [0.3, 0.4) is 0 Å². The Bertz CT molecular complexity index is 591. The fourth-order valence-corrected chi connectivity index (χ4v) is 2.48. The first-order chi connectivity index (χ1) is 9.00. The van der Waals surface area contributed by atoms with E-state index in [9.17, 15) is 4.79 Å². The summed E-state index contributed by atoms with van der Waals surface area (Å²) in [7, 11) is 0. The van der Waals surface area contributed by atoms with Crippen molar-refractivity contribution < 1.29 is 0 Å². The van der Waals surface area contributed by atoms with Crippen molar-refractivity contribution in [2.75, 3.05) is 0 Å². The van der Waals surface area contributed by atoms with E-state index in [0.29, 0.717) is 11.8 Å². The van der Waals surface area contributed by atoms with Crippen molar-refractivity contribution in [2.24, 2.45) is 5.92 Å². The van der Waals surface area contributed by atoms with Crippen molar-refractivity contribution >= 4 is 0 Å². The van der Waals surface area contributed by atoms with Crippen LogP contribution in [0.25, 0.3) is 11.1 Å². The summed E-state index contributed by atoms with van der Waals surface area (Å²) < 4.78 is 2.01. The number of nitrogens with zero attached hydrogens (tertiary/aromatic N) is 1. The molecule has 0 aliphatic heterocycles. The number of aromatic amines is 1. The van der Waals surface area contributed by atoms with Crippen LogP contribution in [0.15, 0.2) is 35.1 Å². The lowest BCUT2D eigenvalue weighted by molar-refractivity contribution is 0.460. The zero-order valence-electron chi connectivity index (χ0n) is 12.1. The number of rotatable bonds is 4. The fraction of sp³-hybridized carbons (Fsp3) is 0.438. The maximum absolute atomic E-state index is 12.3. The van der Waals surface area contributed by atoms with E-state index in [0.717, 1.165) is 23.4 Å². The molecule has 2 rings (SSSR count). The lowest BCUT2D eigenvalue weighted by atomic mass is 9.99. The second-order valence-corrected chi connectivity index (χ2v) is 5.73. The molecule has 102 valence electrons. The van der Waals surface area contributed by atoms with Crippen LogP contribution in [0.1, 0.15) is 39.3 Å². The van der Waals surface area contributed by atoms with Gasteiger partial charge in [0.1, 0.15) is 0 Å². The summed E-state index contributed by atoms with van der Waals surface area (Å²) in [6.07, 6.45) is 0. The van der Waals surface area contributed by atoms with Gasteiger partial charge in [-0.15, -0.1) is 0 Å². The highest BCUT2D eigenvalue weighted by molar-refractivity contribution is 5.65. The van der Waals surface area contributed by atoms with E-state index in [4.69, 9.17) is 0 Å². The molecule has 2 aromatic rings. The van der Waals surface area contributed by atoms with Gasteiger partial charge in [0.05, 0.1) is 11.3 Å². The predicted octanol–water partition coefficient (Wildman–Crippen LogP) is 3.62. The summed E-state index contributed by atoms with van der Waals surface area (Å²) in [5.74, 6) is 0.817. The average Bonchev–Trinajstić information content (AvgIpc) is 2.66. The Morgan fingerprint density at radius 2 is 1.74 bits per heavy atom. The maximum atomic E-state index is 12.3. The zero-order valence-corrected chi connectivity index (χ0v) is 12.1. The van der Waals surface area contributed by atoms with Gasteiger partial charge in [0.15, 0.2) is 0 Å². The van der Waals surface area contributed by atoms with E-state index in [1.807, 2.05) is 35.0 Å². The summed E-state index contributed by atoms with van der Waals surface area (Å²) in [4.78, 5) is 12.3. The normalized spacial score (nSPS) is 11.5. The molecule has 0 bridgehead atoms. The van der Waals surface area contributed by atoms with Crippen molar-refractivity contribution in [2.45, 2.75) is 40.2 Å². The van der Waals surface area contributed by atoms with Gasteiger partial charge in [-0.25, -0.2) is 0 Å². The molecule has 1 heterocycles. The second kappa shape index (κ2) is 5.47. The first-order valence-corrected chi connectivity index (χ1v) is 6.88. The molecule has 0 fully saturated rings. The van der Waals surface area contributed by atoms with Crippen LogP contribution in [0.4, 0.5) is 0 Å². The molecular weight excluding hydrogens is 236 g/mol. The lowest BCUT2D eigenvalue weighted by Crippen LogP contribution is -2.12. The molecule has 0 saturated heterocycles. The van der Waals surface area contributed by atoms with Gasteiger partial charge in [-0.05, 0) is 17.4 Å². The molecule has 3 nitrogen and oxygen atoms in total. The minimum atomic E-state index is 0.00977. The smallest absolute Gasteiger partial charge is 0.272 e. The van der Waals surface area contributed by atoms with Gasteiger partial charge in [0.25, 0.3) is 5.56 Å². The third-order valence-corrected chi connectivity index (χ3v) is 3.17. The molecule has 0 aliphatic rings. The molecule has 1 aromatic carbocycles. The molecule has 0 atom stereocenters. The largest absolute Gasteiger partial charge is 0.288 e. The van der Waals surface area contributed by atoms with E-state index in [-0.39, 0.29) is 5.56 Å². The monoisotopic (exact) mass is 258 g/mol. The highest BCUT2D eigenvalue weighted by atomic mass is 16.1. The first kappa shape index (κ1) is 13.7. The summed E-state index contributed by atoms with van der Waals surface area (Å²) in [5.41, 5.74) is 2.92. The highest BCUT2D eigenvalue weighted by Crippen LogP contribution is 2.26. The lowest BCUT2D eigenvalue weighted by Gasteiger charge is -2.14. The van der Waals surface area contributed by atoms with Crippen molar-refractivity contribution in [3.63, 3.8) is 0 Å². The number of aromatic nitrogens is 2. The van der Waals surface area contributed by atoms with Crippen LogP contribution in [-0.4, -0.2) is 9.78 Å². The Balaban J connectivity index is 2.61. The summed E-state index contributed by atoms with van der Waals surface area (Å²) >= 11 is 0. The SMILES string of the molecule is CC(C)Cn1[nH]c(=O)c(-c2ccccc2)c1C(C)C. The predicted molar refractivity (Wildman–Crippen MR) is 79.4 cm³/mol. The van der Waals surface area contributed by atoms with Gasteiger partial charge in [-0.1, -0.05) is 58.0 Å². The van der Waals surface area contributed by atoms with Crippen molar-refractivity contribution in [1.29, 1.82) is 0 Å². The van der Waals surface area contributed by atoms with Gasteiger partial charge >= 0.3 is 0 Å². The molecule has 0 spiro atoms. The van der Waals surface area contributed by atoms with Gasteiger partial charge in [-0.2, -0.15) is 0 Å². The molecular formula is C16H22N2O. The first-order valence-electron chi connectivity index (χ1n) is 6.88. The van der Waals surface area contributed by atoms with E-state index < -0.39 is 0 Å². The number of nitrogens with one attached hydrogen (secondary N) is 1. The second-order valence-electron chi connectivity index (χ2n) is 5.73. The van der Waals surface area contributed by atoms with Gasteiger partial charge in [0.2, 0.25) is 0 Å². The third kappa shape index (κ3) is 2.80. The summed E-state index contributed by atoms with van der Waals surface area (Å²) in [5, 5.41) is 2.99. The average molecular weight is 258 g/mol. The van der Waals surface area contributed by atoms with E-state index in [1.165, 1.54) is 0 Å². The van der Waals surface area contributed by atoms with Crippen molar-refractivity contribution in [3.8, 4) is 11.1 Å². The Hall–Kier alpha value is -1.77. The number of hydrogen-bond donors (Lipinski definition) is 1.